The van der Waals surface area contributed by atoms with E-state index in [0.717, 1.165) is 26.7 Å². The first-order valence-electron chi connectivity index (χ1n) is 8.60. The molecule has 0 spiro atoms. The number of aryl methyl sites for hydroxylation is 1. The predicted octanol–water partition coefficient (Wildman–Crippen LogP) is 5.84. The van der Waals surface area contributed by atoms with Gasteiger partial charge in [0.2, 0.25) is 0 Å². The van der Waals surface area contributed by atoms with Gasteiger partial charge >= 0.3 is 0 Å². The van der Waals surface area contributed by atoms with Crippen LogP contribution in [0.1, 0.15) is 27.0 Å². The molecule has 0 atom stereocenters. The lowest BCUT2D eigenvalue weighted by Gasteiger charge is -2.16. The van der Waals surface area contributed by atoms with Crippen LogP contribution in [0.4, 0.5) is 4.39 Å². The van der Waals surface area contributed by atoms with Gasteiger partial charge in [-0.05, 0) is 72.1 Å². The first-order valence-corrected chi connectivity index (χ1v) is 9.39. The van der Waals surface area contributed by atoms with E-state index in [1.807, 2.05) is 48.2 Å². The van der Waals surface area contributed by atoms with Crippen molar-refractivity contribution in [2.45, 2.75) is 20.0 Å². The van der Waals surface area contributed by atoms with Crippen LogP contribution in [0.5, 0.6) is 11.5 Å². The number of fused-ring (bicyclic) bond motifs is 1. The summed E-state index contributed by atoms with van der Waals surface area (Å²) in [5, 5.41) is 0. The molecule has 0 unspecified atom stereocenters. The quantitative estimate of drug-likeness (QED) is 0.524. The summed E-state index contributed by atoms with van der Waals surface area (Å²) in [6.07, 6.45) is 0. The van der Waals surface area contributed by atoms with Crippen LogP contribution in [0.2, 0.25) is 0 Å². The molecule has 136 valence electrons. The van der Waals surface area contributed by atoms with Gasteiger partial charge in [0.1, 0.15) is 17.3 Å². The second-order valence-corrected chi connectivity index (χ2v) is 7.53. The monoisotopic (exact) mass is 425 g/mol. The Morgan fingerprint density at radius 1 is 1.04 bits per heavy atom. The molecule has 0 aliphatic carbocycles. The first kappa shape index (κ1) is 17.7. The molecule has 3 nitrogen and oxygen atoms in total. The van der Waals surface area contributed by atoms with Gasteiger partial charge in [-0.3, -0.25) is 4.79 Å². The smallest absolute Gasteiger partial charge is 0.255 e. The molecular formula is C22H17BrFNO2. The fourth-order valence-corrected chi connectivity index (χ4v) is 3.95. The van der Waals surface area contributed by atoms with Crippen molar-refractivity contribution in [2.24, 2.45) is 0 Å². The van der Waals surface area contributed by atoms with E-state index in [9.17, 15) is 9.18 Å². The standard InChI is InChI=1S/C22H17BrFNO2/c1-14-10-17(23)11-16-13-25(22(26)21(14)16)12-15-2-6-19(7-3-15)27-20-8-4-18(24)5-9-20/h2-11H,12-13H2,1H3. The van der Waals surface area contributed by atoms with Crippen molar-refractivity contribution in [1.82, 2.24) is 4.90 Å². The minimum atomic E-state index is -0.295. The molecule has 5 heteroatoms. The molecule has 0 N–H and O–H groups in total. The summed E-state index contributed by atoms with van der Waals surface area (Å²) in [4.78, 5) is 14.6. The van der Waals surface area contributed by atoms with E-state index >= 15 is 0 Å². The number of benzene rings is 3. The number of carbonyl (C=O) groups is 1. The van der Waals surface area contributed by atoms with Crippen LogP contribution in [0.3, 0.4) is 0 Å². The molecule has 3 aromatic rings. The Morgan fingerprint density at radius 2 is 1.67 bits per heavy atom. The van der Waals surface area contributed by atoms with Crippen molar-refractivity contribution in [3.63, 3.8) is 0 Å². The highest BCUT2D eigenvalue weighted by atomic mass is 79.9. The van der Waals surface area contributed by atoms with Gasteiger partial charge in [-0.25, -0.2) is 4.39 Å². The third-order valence-electron chi connectivity index (χ3n) is 4.59. The van der Waals surface area contributed by atoms with Gasteiger partial charge in [-0.15, -0.1) is 0 Å². The van der Waals surface area contributed by atoms with E-state index < -0.39 is 0 Å². The fraction of sp³-hybridized carbons (Fsp3) is 0.136. The molecule has 3 aromatic carbocycles. The zero-order chi connectivity index (χ0) is 19.0. The number of hydrogen-bond donors (Lipinski definition) is 0. The van der Waals surface area contributed by atoms with Crippen LogP contribution >= 0.6 is 15.9 Å². The molecule has 4 rings (SSSR count). The second-order valence-electron chi connectivity index (χ2n) is 6.62. The third-order valence-corrected chi connectivity index (χ3v) is 5.05. The summed E-state index contributed by atoms with van der Waals surface area (Å²) in [5.74, 6) is 1.02. The van der Waals surface area contributed by atoms with Gasteiger partial charge in [0, 0.05) is 23.1 Å². The average molecular weight is 426 g/mol. The van der Waals surface area contributed by atoms with E-state index in [2.05, 4.69) is 15.9 Å². The third kappa shape index (κ3) is 3.74. The zero-order valence-corrected chi connectivity index (χ0v) is 16.3. The highest BCUT2D eigenvalue weighted by Crippen LogP contribution is 2.30. The molecule has 0 saturated heterocycles. The highest BCUT2D eigenvalue weighted by molar-refractivity contribution is 9.10. The second kappa shape index (κ2) is 7.16. The van der Waals surface area contributed by atoms with Gasteiger partial charge in [0.25, 0.3) is 5.91 Å². The van der Waals surface area contributed by atoms with Crippen LogP contribution in [0.25, 0.3) is 0 Å². The molecule has 1 heterocycles. The van der Waals surface area contributed by atoms with Gasteiger partial charge in [-0.1, -0.05) is 28.1 Å². The number of rotatable bonds is 4. The molecule has 0 radical (unpaired) electrons. The van der Waals surface area contributed by atoms with E-state index in [1.54, 1.807) is 12.1 Å². The Labute approximate surface area is 165 Å². The summed E-state index contributed by atoms with van der Waals surface area (Å²) < 4.78 is 19.7. The van der Waals surface area contributed by atoms with E-state index in [-0.39, 0.29) is 11.7 Å². The summed E-state index contributed by atoms with van der Waals surface area (Å²) in [7, 11) is 0. The van der Waals surface area contributed by atoms with E-state index in [4.69, 9.17) is 4.74 Å². The van der Waals surface area contributed by atoms with Crippen LogP contribution in [0.15, 0.2) is 65.1 Å². The Hall–Kier alpha value is -2.66. The van der Waals surface area contributed by atoms with Crippen LogP contribution in [0, 0.1) is 12.7 Å². The number of halogens is 2. The maximum Gasteiger partial charge on any atom is 0.255 e. The van der Waals surface area contributed by atoms with Gasteiger partial charge in [0.05, 0.1) is 0 Å². The van der Waals surface area contributed by atoms with Crippen LogP contribution < -0.4 is 4.74 Å². The molecular weight excluding hydrogens is 409 g/mol. The Balaban J connectivity index is 1.45. The van der Waals surface area contributed by atoms with Crippen molar-refractivity contribution >= 4 is 21.8 Å². The van der Waals surface area contributed by atoms with Crippen molar-refractivity contribution < 1.29 is 13.9 Å². The SMILES string of the molecule is Cc1cc(Br)cc2c1C(=O)N(Cc1ccc(Oc3ccc(F)cc3)cc1)C2. The van der Waals surface area contributed by atoms with Crippen LogP contribution in [-0.4, -0.2) is 10.8 Å². The lowest BCUT2D eigenvalue weighted by molar-refractivity contribution is 0.0766. The first-order chi connectivity index (χ1) is 13.0. The largest absolute Gasteiger partial charge is 0.457 e. The van der Waals surface area contributed by atoms with Gasteiger partial charge in [0.15, 0.2) is 0 Å². The Kier molecular flexibility index (Phi) is 4.70. The van der Waals surface area contributed by atoms with E-state index in [0.29, 0.717) is 24.6 Å². The topological polar surface area (TPSA) is 29.5 Å². The van der Waals surface area contributed by atoms with E-state index in [1.165, 1.54) is 12.1 Å². The normalized spacial score (nSPS) is 13.0. The van der Waals surface area contributed by atoms with Gasteiger partial charge < -0.3 is 9.64 Å². The minimum Gasteiger partial charge on any atom is -0.457 e. The van der Waals surface area contributed by atoms with Crippen molar-refractivity contribution in [1.29, 1.82) is 0 Å². The summed E-state index contributed by atoms with van der Waals surface area (Å²) in [5.41, 5.74) is 3.90. The molecule has 0 saturated carbocycles. The molecule has 0 fully saturated rings. The summed E-state index contributed by atoms with van der Waals surface area (Å²) in [6, 6.07) is 17.5. The van der Waals surface area contributed by atoms with Crippen molar-refractivity contribution in [3.05, 3.63) is 93.2 Å². The number of ether oxygens (including phenoxy) is 1. The molecule has 1 aliphatic rings. The summed E-state index contributed by atoms with van der Waals surface area (Å²) in [6.45, 7) is 3.12. The highest BCUT2D eigenvalue weighted by Gasteiger charge is 2.29. The Bertz CT molecular complexity index is 1000. The molecule has 0 bridgehead atoms. The number of carbonyl (C=O) groups excluding carboxylic acids is 1. The lowest BCUT2D eigenvalue weighted by Crippen LogP contribution is -2.23. The fourth-order valence-electron chi connectivity index (χ4n) is 3.33. The summed E-state index contributed by atoms with van der Waals surface area (Å²) >= 11 is 3.50. The van der Waals surface area contributed by atoms with Gasteiger partial charge in [-0.2, -0.15) is 0 Å². The number of hydrogen-bond acceptors (Lipinski definition) is 2. The zero-order valence-electron chi connectivity index (χ0n) is 14.7. The lowest BCUT2D eigenvalue weighted by atomic mass is 10.0. The molecule has 0 aromatic heterocycles. The Morgan fingerprint density at radius 3 is 2.33 bits per heavy atom. The van der Waals surface area contributed by atoms with Crippen LogP contribution in [-0.2, 0) is 13.1 Å². The minimum absolute atomic E-state index is 0.0710. The molecule has 1 aliphatic heterocycles. The maximum absolute atomic E-state index is 13.0. The molecule has 27 heavy (non-hydrogen) atoms. The average Bonchev–Trinajstić information content (AvgIpc) is 2.94. The predicted molar refractivity (Wildman–Crippen MR) is 105 cm³/mol. The number of amides is 1. The number of nitrogens with zero attached hydrogens (tertiary/aromatic N) is 1. The van der Waals surface area contributed by atoms with Crippen molar-refractivity contribution in [2.75, 3.05) is 0 Å². The maximum atomic E-state index is 13.0. The molecule has 1 amide bonds. The van der Waals surface area contributed by atoms with Crippen molar-refractivity contribution in [3.8, 4) is 11.5 Å².